The van der Waals surface area contributed by atoms with Crippen LogP contribution in [0.15, 0.2) is 24.5 Å². The second-order valence-electron chi connectivity index (χ2n) is 4.11. The molecule has 0 aliphatic carbocycles. The van der Waals surface area contributed by atoms with Gasteiger partial charge in [-0.2, -0.15) is 0 Å². The van der Waals surface area contributed by atoms with Crippen molar-refractivity contribution in [2.24, 2.45) is 5.73 Å². The molecule has 1 aromatic rings. The molecule has 2 heterocycles. The SMILES string of the molecule is CCN1C(=O)CCC(N)C1c1cccnc1. The van der Waals surface area contributed by atoms with Crippen LogP contribution in [-0.4, -0.2) is 28.4 Å². The summed E-state index contributed by atoms with van der Waals surface area (Å²) >= 11 is 0. The molecule has 2 atom stereocenters. The lowest BCUT2D eigenvalue weighted by Gasteiger charge is -2.39. The van der Waals surface area contributed by atoms with E-state index in [4.69, 9.17) is 5.73 Å². The lowest BCUT2D eigenvalue weighted by Crippen LogP contribution is -2.48. The molecule has 1 fully saturated rings. The van der Waals surface area contributed by atoms with Gasteiger partial charge in [0, 0.05) is 31.4 Å². The lowest BCUT2D eigenvalue weighted by molar-refractivity contribution is -0.137. The first-order valence-corrected chi connectivity index (χ1v) is 5.69. The summed E-state index contributed by atoms with van der Waals surface area (Å²) in [6.45, 7) is 2.69. The van der Waals surface area contributed by atoms with Crippen LogP contribution in [0.4, 0.5) is 0 Å². The number of carbonyl (C=O) groups is 1. The monoisotopic (exact) mass is 219 g/mol. The number of rotatable bonds is 2. The molecule has 0 bridgehead atoms. The fraction of sp³-hybridized carbons (Fsp3) is 0.500. The van der Waals surface area contributed by atoms with Crippen molar-refractivity contribution in [1.82, 2.24) is 9.88 Å². The zero-order chi connectivity index (χ0) is 11.5. The third-order valence-electron chi connectivity index (χ3n) is 3.12. The molecule has 0 spiro atoms. The Labute approximate surface area is 95.5 Å². The Morgan fingerprint density at radius 3 is 3.06 bits per heavy atom. The first-order chi connectivity index (χ1) is 7.74. The molecule has 2 N–H and O–H groups in total. The first-order valence-electron chi connectivity index (χ1n) is 5.69. The predicted octanol–water partition coefficient (Wildman–Crippen LogP) is 1.09. The number of nitrogens with two attached hydrogens (primary N) is 1. The van der Waals surface area contributed by atoms with Crippen molar-refractivity contribution in [3.05, 3.63) is 30.1 Å². The molecule has 1 aliphatic heterocycles. The molecule has 2 unspecified atom stereocenters. The Morgan fingerprint density at radius 2 is 2.44 bits per heavy atom. The van der Waals surface area contributed by atoms with E-state index in [-0.39, 0.29) is 18.0 Å². The summed E-state index contributed by atoms with van der Waals surface area (Å²) < 4.78 is 0. The lowest BCUT2D eigenvalue weighted by atomic mass is 9.91. The average molecular weight is 219 g/mol. The van der Waals surface area contributed by atoms with E-state index in [0.29, 0.717) is 13.0 Å². The van der Waals surface area contributed by atoms with E-state index in [1.54, 1.807) is 12.4 Å². The normalized spacial score (nSPS) is 25.9. The van der Waals surface area contributed by atoms with E-state index in [1.165, 1.54) is 0 Å². The fourth-order valence-corrected chi connectivity index (χ4v) is 2.33. The largest absolute Gasteiger partial charge is 0.334 e. The molecule has 16 heavy (non-hydrogen) atoms. The Bertz CT molecular complexity index is 366. The molecule has 1 saturated heterocycles. The number of piperidine rings is 1. The summed E-state index contributed by atoms with van der Waals surface area (Å²) in [7, 11) is 0. The van der Waals surface area contributed by atoms with Crippen LogP contribution < -0.4 is 5.73 Å². The first kappa shape index (κ1) is 11.1. The molecule has 86 valence electrons. The highest BCUT2D eigenvalue weighted by Crippen LogP contribution is 2.29. The number of carbonyl (C=O) groups excluding carboxylic acids is 1. The van der Waals surface area contributed by atoms with Crippen LogP contribution in [0, 0.1) is 0 Å². The number of pyridine rings is 1. The highest BCUT2D eigenvalue weighted by Gasteiger charge is 2.33. The van der Waals surface area contributed by atoms with Crippen LogP contribution in [0.3, 0.4) is 0 Å². The highest BCUT2D eigenvalue weighted by molar-refractivity contribution is 5.77. The Kier molecular flexibility index (Phi) is 3.19. The van der Waals surface area contributed by atoms with Gasteiger partial charge in [0.2, 0.25) is 5.91 Å². The summed E-state index contributed by atoms with van der Waals surface area (Å²) in [5, 5.41) is 0. The van der Waals surface area contributed by atoms with E-state index in [9.17, 15) is 4.79 Å². The van der Waals surface area contributed by atoms with Gasteiger partial charge >= 0.3 is 0 Å². The smallest absolute Gasteiger partial charge is 0.223 e. The van der Waals surface area contributed by atoms with Gasteiger partial charge in [0.25, 0.3) is 0 Å². The Hall–Kier alpha value is -1.42. The van der Waals surface area contributed by atoms with Gasteiger partial charge in [0.05, 0.1) is 6.04 Å². The number of hydrogen-bond acceptors (Lipinski definition) is 3. The van der Waals surface area contributed by atoms with Gasteiger partial charge < -0.3 is 10.6 Å². The van der Waals surface area contributed by atoms with Crippen molar-refractivity contribution < 1.29 is 4.79 Å². The Morgan fingerprint density at radius 1 is 1.62 bits per heavy atom. The summed E-state index contributed by atoms with van der Waals surface area (Å²) in [6, 6.07) is 3.87. The third kappa shape index (κ3) is 1.93. The van der Waals surface area contributed by atoms with Crippen molar-refractivity contribution in [3.8, 4) is 0 Å². The van der Waals surface area contributed by atoms with Gasteiger partial charge in [-0.05, 0) is 25.0 Å². The molecule has 1 amide bonds. The number of likely N-dealkylation sites (tertiary alicyclic amines) is 1. The molecule has 4 heteroatoms. The fourth-order valence-electron chi connectivity index (χ4n) is 2.33. The average Bonchev–Trinajstić information content (AvgIpc) is 2.33. The maximum absolute atomic E-state index is 11.8. The summed E-state index contributed by atoms with van der Waals surface area (Å²) in [5.41, 5.74) is 7.15. The van der Waals surface area contributed by atoms with Crippen molar-refractivity contribution in [2.75, 3.05) is 6.54 Å². The zero-order valence-corrected chi connectivity index (χ0v) is 9.47. The van der Waals surface area contributed by atoms with Crippen LogP contribution >= 0.6 is 0 Å². The molecular weight excluding hydrogens is 202 g/mol. The molecule has 1 aromatic heterocycles. The number of likely N-dealkylation sites (N-methyl/N-ethyl adjacent to an activating group) is 1. The molecule has 4 nitrogen and oxygen atoms in total. The van der Waals surface area contributed by atoms with Crippen molar-refractivity contribution in [3.63, 3.8) is 0 Å². The second kappa shape index (κ2) is 4.61. The standard InChI is InChI=1S/C12H17N3O/c1-2-15-11(16)6-5-10(13)12(15)9-4-3-7-14-8-9/h3-4,7-8,10,12H,2,5-6,13H2,1H3. The molecule has 0 aromatic carbocycles. The number of nitrogens with zero attached hydrogens (tertiary/aromatic N) is 2. The topological polar surface area (TPSA) is 59.2 Å². The molecule has 1 aliphatic rings. The minimum Gasteiger partial charge on any atom is -0.334 e. The van der Waals surface area contributed by atoms with Crippen LogP contribution in [0.2, 0.25) is 0 Å². The molecule has 0 radical (unpaired) electrons. The maximum Gasteiger partial charge on any atom is 0.223 e. The van der Waals surface area contributed by atoms with Crippen LogP contribution in [0.1, 0.15) is 31.4 Å². The van der Waals surface area contributed by atoms with Gasteiger partial charge in [-0.25, -0.2) is 0 Å². The van der Waals surface area contributed by atoms with Gasteiger partial charge in [-0.15, -0.1) is 0 Å². The van der Waals surface area contributed by atoms with E-state index in [0.717, 1.165) is 12.0 Å². The third-order valence-corrected chi connectivity index (χ3v) is 3.12. The van der Waals surface area contributed by atoms with E-state index < -0.39 is 0 Å². The zero-order valence-electron chi connectivity index (χ0n) is 9.47. The van der Waals surface area contributed by atoms with E-state index in [1.807, 2.05) is 24.0 Å². The summed E-state index contributed by atoms with van der Waals surface area (Å²) in [6.07, 6.45) is 4.85. The second-order valence-corrected chi connectivity index (χ2v) is 4.11. The van der Waals surface area contributed by atoms with Crippen LogP contribution in [0.5, 0.6) is 0 Å². The number of aromatic nitrogens is 1. The number of hydrogen-bond donors (Lipinski definition) is 1. The van der Waals surface area contributed by atoms with Gasteiger partial charge in [0.15, 0.2) is 0 Å². The van der Waals surface area contributed by atoms with Crippen molar-refractivity contribution in [2.45, 2.75) is 31.8 Å². The minimum absolute atomic E-state index is 0.0139. The van der Waals surface area contributed by atoms with Gasteiger partial charge in [-0.1, -0.05) is 6.07 Å². The quantitative estimate of drug-likeness (QED) is 0.810. The minimum atomic E-state index is -0.0139. The highest BCUT2D eigenvalue weighted by atomic mass is 16.2. The van der Waals surface area contributed by atoms with Gasteiger partial charge in [-0.3, -0.25) is 9.78 Å². The van der Waals surface area contributed by atoms with Crippen molar-refractivity contribution >= 4 is 5.91 Å². The summed E-state index contributed by atoms with van der Waals surface area (Å²) in [4.78, 5) is 17.8. The molecule has 0 saturated carbocycles. The Balaban J connectivity index is 2.31. The van der Waals surface area contributed by atoms with E-state index in [2.05, 4.69) is 4.98 Å². The number of amides is 1. The predicted molar refractivity (Wildman–Crippen MR) is 61.6 cm³/mol. The maximum atomic E-state index is 11.8. The van der Waals surface area contributed by atoms with Crippen molar-refractivity contribution in [1.29, 1.82) is 0 Å². The van der Waals surface area contributed by atoms with Crippen LogP contribution in [-0.2, 0) is 4.79 Å². The van der Waals surface area contributed by atoms with Crippen LogP contribution in [0.25, 0.3) is 0 Å². The molecule has 2 rings (SSSR count). The summed E-state index contributed by atoms with van der Waals surface area (Å²) in [5.74, 6) is 0.193. The van der Waals surface area contributed by atoms with Gasteiger partial charge in [0.1, 0.15) is 0 Å². The van der Waals surface area contributed by atoms with E-state index >= 15 is 0 Å². The molecular formula is C12H17N3O.